The highest BCUT2D eigenvalue weighted by atomic mass is 19.1. The van der Waals surface area contributed by atoms with E-state index in [2.05, 4.69) is 63.4 Å². The van der Waals surface area contributed by atoms with Gasteiger partial charge in [0.05, 0.1) is 23.2 Å². The number of fused-ring (bicyclic) bond motifs is 2. The largest absolute Gasteiger partial charge is 0.491 e. The van der Waals surface area contributed by atoms with Gasteiger partial charge >= 0.3 is 0 Å². The summed E-state index contributed by atoms with van der Waals surface area (Å²) in [5.41, 5.74) is 4.91. The molecule has 4 aliphatic rings. The Balaban J connectivity index is 0.760. The van der Waals surface area contributed by atoms with Gasteiger partial charge in [-0.3, -0.25) is 34.7 Å². The summed E-state index contributed by atoms with van der Waals surface area (Å²) in [5, 5.41) is 29.6. The summed E-state index contributed by atoms with van der Waals surface area (Å²) in [7, 11) is 2.10. The van der Waals surface area contributed by atoms with Gasteiger partial charge < -0.3 is 35.6 Å². The summed E-state index contributed by atoms with van der Waals surface area (Å²) in [5.74, 6) is 1.74. The molecule has 8 heterocycles. The topological polar surface area (TPSA) is 216 Å². The minimum Gasteiger partial charge on any atom is -0.491 e. The molecule has 0 spiro atoms. The van der Waals surface area contributed by atoms with Gasteiger partial charge in [-0.1, -0.05) is 24.3 Å². The van der Waals surface area contributed by atoms with Crippen molar-refractivity contribution in [2.24, 2.45) is 0 Å². The van der Waals surface area contributed by atoms with Crippen molar-refractivity contribution in [1.82, 2.24) is 60.8 Å². The van der Waals surface area contributed by atoms with E-state index < -0.39 is 34.8 Å². The van der Waals surface area contributed by atoms with Crippen molar-refractivity contribution in [1.29, 1.82) is 0 Å². The molecule has 2 amide bonds. The molecule has 2 fully saturated rings. The third-order valence-electron chi connectivity index (χ3n) is 15.1. The highest BCUT2D eigenvalue weighted by Gasteiger charge is 2.42. The number of ether oxygens (including phenoxy) is 2. The third kappa shape index (κ3) is 9.67. The summed E-state index contributed by atoms with van der Waals surface area (Å²) >= 11 is 0. The van der Waals surface area contributed by atoms with Crippen molar-refractivity contribution in [3.8, 4) is 34.3 Å². The van der Waals surface area contributed by atoms with Gasteiger partial charge in [-0.05, 0) is 117 Å². The smallest absolute Gasteiger partial charge is 0.251 e. The Kier molecular flexibility index (Phi) is 12.9. The molecule has 18 nitrogen and oxygen atoms in total. The molecular weight excluding hydrogens is 971 g/mol. The highest BCUT2D eigenvalue weighted by Crippen LogP contribution is 2.40. The number of pyridine rings is 2. The van der Waals surface area contributed by atoms with E-state index in [4.69, 9.17) is 24.5 Å². The zero-order chi connectivity index (χ0) is 51.8. The number of para-hydroxylation sites is 1. The Labute approximate surface area is 436 Å². The first-order valence-electron chi connectivity index (χ1n) is 25.4. The molecular formula is C56H54F2N14O4. The number of hydrogen-bond acceptors (Lipinski definition) is 14. The van der Waals surface area contributed by atoms with E-state index in [0.29, 0.717) is 83.8 Å². The molecule has 0 aliphatic carbocycles. The van der Waals surface area contributed by atoms with Gasteiger partial charge in [-0.25, -0.2) is 18.7 Å². The number of benzene rings is 4. The number of rotatable bonds is 14. The number of piperidine rings is 2. The van der Waals surface area contributed by atoms with Crippen LogP contribution in [-0.2, 0) is 17.6 Å². The zero-order valence-electron chi connectivity index (χ0n) is 41.5. The van der Waals surface area contributed by atoms with Crippen molar-refractivity contribution < 1.29 is 27.8 Å². The predicted molar refractivity (Wildman–Crippen MR) is 278 cm³/mol. The summed E-state index contributed by atoms with van der Waals surface area (Å²) in [6.07, 6.45) is 9.76. The van der Waals surface area contributed by atoms with E-state index >= 15 is 0 Å². The summed E-state index contributed by atoms with van der Waals surface area (Å²) < 4.78 is 39.9. The maximum Gasteiger partial charge on any atom is 0.251 e. The van der Waals surface area contributed by atoms with Crippen molar-refractivity contribution >= 4 is 23.2 Å². The zero-order valence-corrected chi connectivity index (χ0v) is 41.5. The number of amides is 2. The van der Waals surface area contributed by atoms with Gasteiger partial charge in [0.2, 0.25) is 0 Å². The average Bonchev–Trinajstić information content (AvgIpc) is 4.30. The van der Waals surface area contributed by atoms with E-state index in [0.717, 1.165) is 54.0 Å². The molecule has 4 aromatic heterocycles. The first-order valence-corrected chi connectivity index (χ1v) is 25.4. The van der Waals surface area contributed by atoms with Gasteiger partial charge in [-0.15, -0.1) is 0 Å². The monoisotopic (exact) mass is 1020 g/mol. The van der Waals surface area contributed by atoms with Crippen LogP contribution in [0.3, 0.4) is 0 Å². The number of aromatic amines is 2. The molecule has 0 unspecified atom stereocenters. The van der Waals surface area contributed by atoms with E-state index in [1.807, 2.05) is 60.8 Å². The fraction of sp³-hybridized carbons (Fsp3) is 0.286. The maximum absolute atomic E-state index is 14.4. The van der Waals surface area contributed by atoms with Crippen LogP contribution in [-0.4, -0.2) is 108 Å². The quantitative estimate of drug-likeness (QED) is 0.0616. The molecule has 0 bridgehead atoms. The standard InChI is InChI=1S/C56H54F2N14O4/c1-71-23-16-55(17-24-71,65-39-7-2-5-35(27-39)51(73)61-45-33-76-48-42(45)9-4-10-44(48)58)54-64-50(68-70-54)41-15-22-60-30-37(41)31-72-25-18-56(19-26-72,53-63-49(67-69-53)34-13-20-59-21-14-34)66-40-8-3-6-36(28-40)52(74)62-46-32-75-47-12-11-38(57)29-43(46)47/h2-15,20-22,27-30,45-46,65-66H,16-19,23-26,31-33H2,1H3,(H,61,73)(H,62,74)(H,63,67,69)(H,64,68,70)/t45-,46+/m1/s1. The number of carbonyl (C=O) groups excluding carboxylic acids is 2. The second-order valence-corrected chi connectivity index (χ2v) is 20.0. The number of anilines is 2. The lowest BCUT2D eigenvalue weighted by Crippen LogP contribution is -2.47. The van der Waals surface area contributed by atoms with Crippen LogP contribution in [0.5, 0.6) is 11.5 Å². The number of hydrogen-bond donors (Lipinski definition) is 6. The first-order chi connectivity index (χ1) is 37.1. The van der Waals surface area contributed by atoms with E-state index in [9.17, 15) is 18.4 Å². The lowest BCUT2D eigenvalue weighted by atomic mass is 9.85. The third-order valence-corrected chi connectivity index (χ3v) is 15.1. The van der Waals surface area contributed by atoms with Crippen LogP contribution in [0.15, 0.2) is 128 Å². The summed E-state index contributed by atoms with van der Waals surface area (Å²) in [4.78, 5) is 51.0. The molecule has 4 aromatic carbocycles. The minimum atomic E-state index is -0.702. The second-order valence-electron chi connectivity index (χ2n) is 20.0. The predicted octanol–water partition coefficient (Wildman–Crippen LogP) is 7.69. The normalized spacial score (nSPS) is 18.7. The molecule has 12 rings (SSSR count). The first kappa shape index (κ1) is 48.3. The molecule has 2 atom stereocenters. The van der Waals surface area contributed by atoms with Crippen LogP contribution in [0.2, 0.25) is 0 Å². The fourth-order valence-corrected chi connectivity index (χ4v) is 10.8. The van der Waals surface area contributed by atoms with Gasteiger partial charge in [0.25, 0.3) is 11.8 Å². The molecule has 386 valence electrons. The van der Waals surface area contributed by atoms with Crippen LogP contribution in [0.1, 0.15) is 86.8 Å². The average molecular weight is 1030 g/mol. The van der Waals surface area contributed by atoms with Crippen LogP contribution < -0.4 is 30.7 Å². The summed E-state index contributed by atoms with van der Waals surface area (Å²) in [6, 6.07) is 28.5. The number of carbonyl (C=O) groups is 2. The van der Waals surface area contributed by atoms with E-state index in [1.54, 1.807) is 48.9 Å². The van der Waals surface area contributed by atoms with Crippen molar-refractivity contribution in [3.05, 3.63) is 179 Å². The molecule has 0 radical (unpaired) electrons. The number of halogens is 2. The van der Waals surface area contributed by atoms with Crippen LogP contribution in [0.25, 0.3) is 22.8 Å². The number of nitrogens with one attached hydrogen (secondary N) is 6. The van der Waals surface area contributed by atoms with Crippen molar-refractivity contribution in [2.45, 2.75) is 55.4 Å². The van der Waals surface area contributed by atoms with Crippen LogP contribution >= 0.6 is 0 Å². The Bertz CT molecular complexity index is 3430. The molecule has 20 heteroatoms. The molecule has 2 saturated heterocycles. The Morgan fingerprint density at radius 3 is 1.97 bits per heavy atom. The molecule has 6 N–H and O–H groups in total. The second kappa shape index (κ2) is 20.2. The molecule has 0 saturated carbocycles. The Morgan fingerprint density at radius 1 is 0.671 bits per heavy atom. The summed E-state index contributed by atoms with van der Waals surface area (Å²) in [6.45, 7) is 3.89. The van der Waals surface area contributed by atoms with Gasteiger partial charge in [0.1, 0.15) is 24.8 Å². The molecule has 8 aromatic rings. The lowest BCUT2D eigenvalue weighted by Gasteiger charge is -2.41. The van der Waals surface area contributed by atoms with Crippen molar-refractivity contribution in [2.75, 3.05) is 57.1 Å². The fourth-order valence-electron chi connectivity index (χ4n) is 10.8. The SMILES string of the molecule is CN1CCC(Nc2cccc(C(=O)N[C@@H]3COc4c(F)cccc43)c2)(c2nc(-c3ccncc3CN3CCC(Nc4cccc(C(=O)N[C@H]5COc6ccc(F)cc65)c4)(c4nc(-c5ccncc5)n[nH]4)CC3)n[nH]2)CC1. The number of aromatic nitrogens is 8. The van der Waals surface area contributed by atoms with Crippen molar-refractivity contribution in [3.63, 3.8) is 0 Å². The number of nitrogens with zero attached hydrogens (tertiary/aromatic N) is 8. The lowest BCUT2D eigenvalue weighted by molar-refractivity contribution is 0.0922. The number of H-pyrrole nitrogens is 2. The van der Waals surface area contributed by atoms with Gasteiger partial charge in [0.15, 0.2) is 34.9 Å². The van der Waals surface area contributed by atoms with Crippen LogP contribution in [0, 0.1) is 11.6 Å². The number of likely N-dealkylation sites (tertiary alicyclic amines) is 2. The van der Waals surface area contributed by atoms with E-state index in [1.165, 1.54) is 18.2 Å². The van der Waals surface area contributed by atoms with Gasteiger partial charge in [-0.2, -0.15) is 10.2 Å². The van der Waals surface area contributed by atoms with E-state index in [-0.39, 0.29) is 30.8 Å². The minimum absolute atomic E-state index is 0.152. The Morgan fingerprint density at radius 2 is 1.28 bits per heavy atom. The Hall–Kier alpha value is -8.62. The van der Waals surface area contributed by atoms with Gasteiger partial charge in [0, 0.05) is 102 Å². The molecule has 76 heavy (non-hydrogen) atoms. The highest BCUT2D eigenvalue weighted by molar-refractivity contribution is 5.96. The van der Waals surface area contributed by atoms with Crippen LogP contribution in [0.4, 0.5) is 20.2 Å². The molecule has 4 aliphatic heterocycles. The maximum atomic E-state index is 14.4.